The summed E-state index contributed by atoms with van der Waals surface area (Å²) >= 11 is 0. The minimum atomic E-state index is -0.582. The van der Waals surface area contributed by atoms with Crippen molar-refractivity contribution in [2.45, 2.75) is 26.2 Å². The number of benzene rings is 3. The predicted molar refractivity (Wildman–Crippen MR) is 180 cm³/mol. The van der Waals surface area contributed by atoms with Gasteiger partial charge in [-0.1, -0.05) is 18.2 Å². The molecule has 0 spiro atoms. The number of rotatable bonds is 13. The Labute approximate surface area is 275 Å². The number of carbonyl (C=O) groups is 3. The molecule has 0 saturated carbocycles. The number of esters is 1. The van der Waals surface area contributed by atoms with Crippen LogP contribution < -0.4 is 19.7 Å². The van der Waals surface area contributed by atoms with E-state index >= 15 is 0 Å². The molecule has 0 aliphatic carbocycles. The molecule has 248 valence electrons. The Morgan fingerprint density at radius 1 is 0.915 bits per heavy atom. The fourth-order valence-corrected chi connectivity index (χ4v) is 5.33. The molecular weight excluding hydrogens is 600 g/mol. The Morgan fingerprint density at radius 2 is 1.66 bits per heavy atom. The monoisotopic (exact) mass is 642 g/mol. The average molecular weight is 643 g/mol. The number of nitrogens with zero attached hydrogens (tertiary/aromatic N) is 3. The van der Waals surface area contributed by atoms with Crippen LogP contribution in [0.15, 0.2) is 66.4 Å². The van der Waals surface area contributed by atoms with E-state index in [1.165, 1.54) is 31.3 Å². The topological polar surface area (TPSA) is 118 Å². The lowest BCUT2D eigenvalue weighted by atomic mass is 10.1. The number of anilines is 2. The highest BCUT2D eigenvalue weighted by Crippen LogP contribution is 2.31. The molecular formula is C36H42N4O7. The zero-order valence-electron chi connectivity index (χ0n) is 27.6. The molecule has 0 radical (unpaired) electrons. The van der Waals surface area contributed by atoms with Crippen LogP contribution in [0.25, 0.3) is 0 Å². The number of methoxy groups -OCH3 is 2. The lowest BCUT2D eigenvalue weighted by Crippen LogP contribution is -2.44. The van der Waals surface area contributed by atoms with Crippen molar-refractivity contribution in [3.63, 3.8) is 0 Å². The van der Waals surface area contributed by atoms with Gasteiger partial charge in [0.05, 0.1) is 49.0 Å². The summed E-state index contributed by atoms with van der Waals surface area (Å²) in [7, 11) is 6.42. The van der Waals surface area contributed by atoms with Crippen LogP contribution in [0.3, 0.4) is 0 Å². The standard InChI is InChI=1S/C36H42N4O7/c1-25-13-16-31(33(22-25)47-21-9-8-10-27(24-41)40-19-17-38(2)18-20-40)39(3)35(43)26-14-15-29(32(23-26)45-4)34(42)37-30-12-7-6-11-28(30)36(44)46-5/h6-7,11-16,22-23H,8-10,17-21H2,1-5H3,(H,37,42). The smallest absolute Gasteiger partial charge is 0.339 e. The molecule has 1 fully saturated rings. The van der Waals surface area contributed by atoms with Gasteiger partial charge >= 0.3 is 5.97 Å². The molecule has 0 bridgehead atoms. The highest BCUT2D eigenvalue weighted by atomic mass is 16.5. The van der Waals surface area contributed by atoms with Gasteiger partial charge in [0.15, 0.2) is 0 Å². The molecule has 4 rings (SSSR count). The van der Waals surface area contributed by atoms with Gasteiger partial charge in [0.1, 0.15) is 17.4 Å². The minimum Gasteiger partial charge on any atom is -0.496 e. The van der Waals surface area contributed by atoms with Gasteiger partial charge in [-0.05, 0) is 81.3 Å². The summed E-state index contributed by atoms with van der Waals surface area (Å²) in [5.41, 5.74) is 3.27. The van der Waals surface area contributed by atoms with Gasteiger partial charge < -0.3 is 34.2 Å². The first-order valence-corrected chi connectivity index (χ1v) is 15.5. The third-order valence-electron chi connectivity index (χ3n) is 8.12. The fraction of sp³-hybridized carbons (Fsp3) is 0.361. The van der Waals surface area contributed by atoms with E-state index in [1.54, 1.807) is 37.4 Å². The molecule has 1 N–H and O–H groups in total. The van der Waals surface area contributed by atoms with Crippen LogP contribution in [0.5, 0.6) is 11.5 Å². The molecule has 2 amide bonds. The molecule has 0 aromatic heterocycles. The van der Waals surface area contributed by atoms with Gasteiger partial charge in [-0.15, -0.1) is 0 Å². The molecule has 1 saturated heterocycles. The second kappa shape index (κ2) is 16.4. The largest absolute Gasteiger partial charge is 0.496 e. The van der Waals surface area contributed by atoms with E-state index in [9.17, 15) is 19.2 Å². The summed E-state index contributed by atoms with van der Waals surface area (Å²) in [5.74, 6) is 1.47. The van der Waals surface area contributed by atoms with E-state index in [0.717, 1.165) is 44.6 Å². The number of likely N-dealkylation sites (N-methyl/N-ethyl adjacent to an activating group) is 1. The number of ether oxygens (including phenoxy) is 3. The maximum Gasteiger partial charge on any atom is 0.339 e. The molecule has 11 nitrogen and oxygen atoms in total. The first-order chi connectivity index (χ1) is 22.7. The van der Waals surface area contributed by atoms with Crippen LogP contribution in [-0.2, 0) is 9.53 Å². The summed E-state index contributed by atoms with van der Waals surface area (Å²) < 4.78 is 16.5. The van der Waals surface area contributed by atoms with Gasteiger partial charge in [-0.25, -0.2) is 9.59 Å². The molecule has 1 heterocycles. The van der Waals surface area contributed by atoms with E-state index < -0.39 is 11.9 Å². The number of amides is 2. The predicted octanol–water partition coefficient (Wildman–Crippen LogP) is 4.83. The van der Waals surface area contributed by atoms with E-state index in [4.69, 9.17) is 14.2 Å². The van der Waals surface area contributed by atoms with Crippen LogP contribution in [0.1, 0.15) is 55.9 Å². The van der Waals surface area contributed by atoms with Crippen molar-refractivity contribution in [1.29, 1.82) is 0 Å². The van der Waals surface area contributed by atoms with Crippen LogP contribution >= 0.6 is 0 Å². The van der Waals surface area contributed by atoms with E-state index in [-0.39, 0.29) is 28.5 Å². The molecule has 0 atom stereocenters. The Balaban J connectivity index is 1.41. The second-order valence-electron chi connectivity index (χ2n) is 11.4. The van der Waals surface area contributed by atoms with Crippen molar-refractivity contribution >= 4 is 35.1 Å². The van der Waals surface area contributed by atoms with E-state index in [2.05, 4.69) is 28.1 Å². The highest BCUT2D eigenvalue weighted by molar-refractivity contribution is 6.11. The Hall–Kier alpha value is -5.12. The van der Waals surface area contributed by atoms with Gasteiger partial charge in [0.2, 0.25) is 0 Å². The SMILES string of the molecule is COC(=O)c1ccccc1NC(=O)c1ccc(C(=O)N(C)c2ccc(C)cc2OCCCCC(=C=O)N2CCN(C)CC2)cc1OC. The minimum absolute atomic E-state index is 0.186. The van der Waals surface area contributed by atoms with Gasteiger partial charge in [-0.3, -0.25) is 9.59 Å². The third kappa shape index (κ3) is 8.78. The normalized spacial score (nSPS) is 12.9. The molecule has 1 aliphatic heterocycles. The van der Waals surface area contributed by atoms with Crippen molar-refractivity contribution in [2.24, 2.45) is 0 Å². The van der Waals surface area contributed by atoms with Crippen LogP contribution in [0, 0.1) is 6.92 Å². The van der Waals surface area contributed by atoms with E-state index in [1.807, 2.05) is 25.1 Å². The second-order valence-corrected chi connectivity index (χ2v) is 11.4. The number of para-hydroxylation sites is 1. The summed E-state index contributed by atoms with van der Waals surface area (Å²) in [6.45, 7) is 5.89. The average Bonchev–Trinajstić information content (AvgIpc) is 3.09. The number of piperazine rings is 1. The number of unbranched alkanes of at least 4 members (excludes halogenated alkanes) is 1. The zero-order valence-corrected chi connectivity index (χ0v) is 27.6. The first kappa shape index (κ1) is 34.7. The number of carbonyl (C=O) groups excluding carboxylic acids is 4. The maximum absolute atomic E-state index is 13.6. The highest BCUT2D eigenvalue weighted by Gasteiger charge is 2.22. The van der Waals surface area contributed by atoms with Crippen molar-refractivity contribution in [2.75, 3.05) is 71.3 Å². The summed E-state index contributed by atoms with van der Waals surface area (Å²) in [5, 5.41) is 2.73. The summed E-state index contributed by atoms with van der Waals surface area (Å²) in [6.07, 6.45) is 2.15. The number of nitrogens with one attached hydrogen (secondary N) is 1. The molecule has 11 heteroatoms. The number of hydrogen-bond donors (Lipinski definition) is 1. The van der Waals surface area contributed by atoms with Crippen LogP contribution in [-0.4, -0.2) is 94.6 Å². The molecule has 3 aromatic rings. The lowest BCUT2D eigenvalue weighted by Gasteiger charge is -2.34. The molecule has 3 aromatic carbocycles. The Kier molecular flexibility index (Phi) is 12.2. The van der Waals surface area contributed by atoms with Crippen molar-refractivity contribution in [3.8, 4) is 11.5 Å². The van der Waals surface area contributed by atoms with Crippen molar-refractivity contribution in [3.05, 3.63) is 88.6 Å². The van der Waals surface area contributed by atoms with Crippen LogP contribution in [0.2, 0.25) is 0 Å². The molecule has 1 aliphatic rings. The van der Waals surface area contributed by atoms with Gasteiger partial charge in [0, 0.05) is 38.8 Å². The maximum atomic E-state index is 13.6. The number of allylic oxidation sites excluding steroid dienone is 1. The van der Waals surface area contributed by atoms with Crippen molar-refractivity contribution < 1.29 is 33.4 Å². The molecule has 47 heavy (non-hydrogen) atoms. The lowest BCUT2D eigenvalue weighted by molar-refractivity contribution is 0.0601. The number of aryl methyl sites for hydroxylation is 1. The Bertz CT molecular complexity index is 1640. The summed E-state index contributed by atoms with van der Waals surface area (Å²) in [4.78, 5) is 56.4. The van der Waals surface area contributed by atoms with Crippen LogP contribution in [0.4, 0.5) is 11.4 Å². The van der Waals surface area contributed by atoms with Crippen molar-refractivity contribution in [1.82, 2.24) is 9.80 Å². The Morgan fingerprint density at radius 3 is 2.36 bits per heavy atom. The quantitative estimate of drug-likeness (QED) is 0.159. The fourth-order valence-electron chi connectivity index (χ4n) is 5.33. The van der Waals surface area contributed by atoms with Gasteiger partial charge in [-0.2, -0.15) is 0 Å². The zero-order chi connectivity index (χ0) is 33.9. The third-order valence-corrected chi connectivity index (χ3v) is 8.12. The first-order valence-electron chi connectivity index (χ1n) is 15.5. The summed E-state index contributed by atoms with van der Waals surface area (Å²) in [6, 6.07) is 16.7. The number of hydrogen-bond acceptors (Lipinski definition) is 9. The van der Waals surface area contributed by atoms with Gasteiger partial charge in [0.25, 0.3) is 11.8 Å². The molecule has 0 unspecified atom stereocenters. The van der Waals surface area contributed by atoms with E-state index in [0.29, 0.717) is 35.7 Å².